The van der Waals surface area contributed by atoms with Crippen molar-refractivity contribution in [2.45, 2.75) is 32.4 Å². The molecule has 0 fully saturated rings. The molecule has 21 heavy (non-hydrogen) atoms. The van der Waals surface area contributed by atoms with Crippen molar-refractivity contribution in [3.63, 3.8) is 0 Å². The SMILES string of the molecule is COc1ccc([Si](C)CCCc2ccc(C)cc2)cc1.[Pr]. The Balaban J connectivity index is 0.00000220. The van der Waals surface area contributed by atoms with Crippen LogP contribution in [0.15, 0.2) is 48.5 Å². The Morgan fingerprint density at radius 3 is 2.14 bits per heavy atom. The van der Waals surface area contributed by atoms with Crippen LogP contribution in [0.4, 0.5) is 0 Å². The van der Waals surface area contributed by atoms with E-state index in [9.17, 15) is 0 Å². The van der Waals surface area contributed by atoms with E-state index in [1.807, 2.05) is 0 Å². The molecule has 3 heteroatoms. The molecule has 0 aliphatic carbocycles. The zero-order chi connectivity index (χ0) is 14.4. The van der Waals surface area contributed by atoms with E-state index in [2.05, 4.69) is 62.0 Å². The van der Waals surface area contributed by atoms with E-state index in [0.717, 1.165) is 5.75 Å². The van der Waals surface area contributed by atoms with Crippen LogP contribution >= 0.6 is 0 Å². The van der Waals surface area contributed by atoms with Crippen molar-refractivity contribution >= 4 is 14.0 Å². The van der Waals surface area contributed by atoms with Gasteiger partial charge >= 0.3 is 0 Å². The van der Waals surface area contributed by atoms with Crippen molar-refractivity contribution in [1.82, 2.24) is 0 Å². The minimum absolute atomic E-state index is 0. The Morgan fingerprint density at radius 2 is 1.57 bits per heavy atom. The summed E-state index contributed by atoms with van der Waals surface area (Å²) >= 11 is 0. The average Bonchev–Trinajstić information content (AvgIpc) is 2.49. The molecule has 2 aromatic carbocycles. The summed E-state index contributed by atoms with van der Waals surface area (Å²) in [5.74, 6) is 0.947. The van der Waals surface area contributed by atoms with E-state index in [0.29, 0.717) is 0 Å². The van der Waals surface area contributed by atoms with Gasteiger partial charge in [-0.05, 0) is 31.0 Å². The Morgan fingerprint density at radius 1 is 0.952 bits per heavy atom. The number of aryl methyl sites for hydroxylation is 2. The molecule has 0 aliphatic heterocycles. The summed E-state index contributed by atoms with van der Waals surface area (Å²) < 4.78 is 5.21. The van der Waals surface area contributed by atoms with Gasteiger partial charge < -0.3 is 4.74 Å². The molecular formula is C18H23OPrSi. The molecule has 2 radical (unpaired) electrons. The van der Waals surface area contributed by atoms with Crippen LogP contribution in [0.5, 0.6) is 5.75 Å². The normalized spacial score (nSPS) is 10.3. The molecule has 0 bridgehead atoms. The molecule has 2 rings (SSSR count). The van der Waals surface area contributed by atoms with Gasteiger partial charge in [-0.15, -0.1) is 0 Å². The van der Waals surface area contributed by atoms with E-state index in [-0.39, 0.29) is 41.3 Å². The Bertz CT molecular complexity index is 522. The smallest absolute Gasteiger partial charge is 0.118 e. The topological polar surface area (TPSA) is 9.23 Å². The van der Waals surface area contributed by atoms with E-state index in [4.69, 9.17) is 4.74 Å². The standard InChI is InChI=1S/C18H23OSi.Pr/c1-15-6-8-16(9-7-15)5-4-14-20(3)18-12-10-17(19-2)11-13-18;/h6-13H,4-5,14H2,1-3H3;. The molecule has 108 valence electrons. The summed E-state index contributed by atoms with van der Waals surface area (Å²) in [6, 6.07) is 18.8. The van der Waals surface area contributed by atoms with Crippen LogP contribution in [0.1, 0.15) is 17.5 Å². The molecule has 2 aromatic rings. The Kier molecular flexibility index (Phi) is 8.77. The third kappa shape index (κ3) is 6.22. The third-order valence-electron chi connectivity index (χ3n) is 3.72. The molecule has 0 saturated heterocycles. The first-order valence-corrected chi connectivity index (χ1v) is 9.42. The van der Waals surface area contributed by atoms with Gasteiger partial charge in [-0.1, -0.05) is 66.2 Å². The predicted molar refractivity (Wildman–Crippen MR) is 88.6 cm³/mol. The molecule has 0 N–H and O–H groups in total. The summed E-state index contributed by atoms with van der Waals surface area (Å²) in [5, 5.41) is 1.50. The van der Waals surface area contributed by atoms with Crippen LogP contribution in [-0.2, 0) is 6.42 Å². The molecule has 0 spiro atoms. The fraction of sp³-hybridized carbons (Fsp3) is 0.333. The molecule has 0 atom stereocenters. The van der Waals surface area contributed by atoms with Gasteiger partial charge in [0.05, 0.1) is 15.9 Å². The molecule has 1 nitrogen and oxygen atoms in total. The first-order valence-electron chi connectivity index (χ1n) is 7.21. The summed E-state index contributed by atoms with van der Waals surface area (Å²) in [5.41, 5.74) is 2.80. The predicted octanol–water partition coefficient (Wildman–Crippen LogP) is 3.97. The molecule has 0 aromatic heterocycles. The summed E-state index contributed by atoms with van der Waals surface area (Å²) in [7, 11) is 1.29. The van der Waals surface area contributed by atoms with Gasteiger partial charge in [0.2, 0.25) is 0 Å². The second kappa shape index (κ2) is 9.76. The quantitative estimate of drug-likeness (QED) is 0.638. The molecule has 0 heterocycles. The number of hydrogen-bond acceptors (Lipinski definition) is 1. The third-order valence-corrected chi connectivity index (χ3v) is 6.14. The maximum Gasteiger partial charge on any atom is 0.118 e. The fourth-order valence-electron chi connectivity index (χ4n) is 2.33. The summed E-state index contributed by atoms with van der Waals surface area (Å²) in [4.78, 5) is 0. The second-order valence-electron chi connectivity index (χ2n) is 5.35. The first-order chi connectivity index (χ1) is 9.69. The van der Waals surface area contributed by atoms with Gasteiger partial charge in [0.1, 0.15) is 5.75 Å². The van der Waals surface area contributed by atoms with Crippen LogP contribution in [0.25, 0.3) is 0 Å². The number of benzene rings is 2. The van der Waals surface area contributed by atoms with E-state index < -0.39 is 8.80 Å². The van der Waals surface area contributed by atoms with Gasteiger partial charge in [0, 0.05) is 41.3 Å². The number of hydrogen-bond donors (Lipinski definition) is 0. The summed E-state index contributed by atoms with van der Waals surface area (Å²) in [6.45, 7) is 4.54. The summed E-state index contributed by atoms with van der Waals surface area (Å²) in [6.07, 6.45) is 2.47. The zero-order valence-corrected chi connectivity index (χ0v) is 17.9. The van der Waals surface area contributed by atoms with Crippen molar-refractivity contribution in [3.8, 4) is 5.75 Å². The number of methoxy groups -OCH3 is 1. The monoisotopic (exact) mass is 424 g/mol. The zero-order valence-electron chi connectivity index (χ0n) is 13.2. The molecule has 0 aliphatic rings. The average molecular weight is 424 g/mol. The molecule has 0 unspecified atom stereocenters. The van der Waals surface area contributed by atoms with Crippen LogP contribution in [0.3, 0.4) is 0 Å². The van der Waals surface area contributed by atoms with Gasteiger partial charge in [0.25, 0.3) is 0 Å². The van der Waals surface area contributed by atoms with E-state index in [1.54, 1.807) is 7.11 Å². The van der Waals surface area contributed by atoms with E-state index >= 15 is 0 Å². The fourth-order valence-corrected chi connectivity index (χ4v) is 4.06. The minimum atomic E-state index is -0.425. The second-order valence-corrected chi connectivity index (χ2v) is 7.99. The van der Waals surface area contributed by atoms with Crippen molar-refractivity contribution < 1.29 is 46.0 Å². The van der Waals surface area contributed by atoms with Gasteiger partial charge in [-0.25, -0.2) is 0 Å². The number of rotatable bonds is 6. The maximum atomic E-state index is 5.21. The van der Waals surface area contributed by atoms with Crippen LogP contribution < -0.4 is 9.92 Å². The Hall–Kier alpha value is -0.179. The van der Waals surface area contributed by atoms with Crippen molar-refractivity contribution in [2.24, 2.45) is 0 Å². The van der Waals surface area contributed by atoms with Gasteiger partial charge in [0.15, 0.2) is 0 Å². The Labute approximate surface area is 163 Å². The van der Waals surface area contributed by atoms with Crippen molar-refractivity contribution in [3.05, 3.63) is 59.7 Å². The van der Waals surface area contributed by atoms with Crippen LogP contribution in [0, 0.1) is 48.2 Å². The number of ether oxygens (including phenoxy) is 1. The minimum Gasteiger partial charge on any atom is -0.497 e. The van der Waals surface area contributed by atoms with Crippen molar-refractivity contribution in [2.75, 3.05) is 7.11 Å². The van der Waals surface area contributed by atoms with Gasteiger partial charge in [-0.3, -0.25) is 0 Å². The van der Waals surface area contributed by atoms with Crippen LogP contribution in [-0.4, -0.2) is 15.9 Å². The van der Waals surface area contributed by atoms with Gasteiger partial charge in [-0.2, -0.15) is 0 Å². The van der Waals surface area contributed by atoms with E-state index in [1.165, 1.54) is 35.2 Å². The first kappa shape index (κ1) is 18.9. The molecule has 0 saturated carbocycles. The van der Waals surface area contributed by atoms with Crippen molar-refractivity contribution in [1.29, 1.82) is 0 Å². The maximum absolute atomic E-state index is 5.21. The molecule has 0 amide bonds. The largest absolute Gasteiger partial charge is 0.497 e. The van der Waals surface area contributed by atoms with Crippen LogP contribution in [0.2, 0.25) is 12.6 Å². The molecular weight excluding hydrogens is 401 g/mol.